The van der Waals surface area contributed by atoms with Crippen molar-refractivity contribution >= 4 is 17.3 Å². The zero-order valence-electron chi connectivity index (χ0n) is 18.2. The van der Waals surface area contributed by atoms with Crippen LogP contribution in [0.5, 0.6) is 5.75 Å². The molecule has 5 nitrogen and oxygen atoms in total. The number of thiophene rings is 1. The summed E-state index contributed by atoms with van der Waals surface area (Å²) in [6, 6.07) is 7.55. The number of hydrogen-bond acceptors (Lipinski definition) is 4. The summed E-state index contributed by atoms with van der Waals surface area (Å²) in [5, 5.41) is 11.6. The Labute approximate surface area is 166 Å². The number of benzene rings is 1. The summed E-state index contributed by atoms with van der Waals surface area (Å²) < 4.78 is 29.8. The van der Waals surface area contributed by atoms with E-state index in [-0.39, 0.29) is 5.69 Å². The van der Waals surface area contributed by atoms with Gasteiger partial charge >= 0.3 is 5.97 Å². The monoisotopic (exact) mass is 385 g/mol. The van der Waals surface area contributed by atoms with Crippen LogP contribution in [0, 0.1) is 5.92 Å². The van der Waals surface area contributed by atoms with Crippen LogP contribution in [0.25, 0.3) is 16.4 Å². The van der Waals surface area contributed by atoms with E-state index in [1.165, 1.54) is 11.3 Å². The van der Waals surface area contributed by atoms with Gasteiger partial charge in [0, 0.05) is 0 Å². The van der Waals surface area contributed by atoms with E-state index in [0.29, 0.717) is 42.4 Å². The number of methoxy groups -OCH3 is 1. The molecule has 27 heavy (non-hydrogen) atoms. The first-order valence-corrected chi connectivity index (χ1v) is 9.76. The molecular weight excluding hydrogens is 360 g/mol. The van der Waals surface area contributed by atoms with Crippen molar-refractivity contribution in [3.05, 3.63) is 52.2 Å². The van der Waals surface area contributed by atoms with E-state index >= 15 is 0 Å². The summed E-state index contributed by atoms with van der Waals surface area (Å²) in [4.78, 5) is 17.2. The van der Waals surface area contributed by atoms with Gasteiger partial charge in [-0.3, -0.25) is 4.57 Å². The predicted molar refractivity (Wildman–Crippen MR) is 106 cm³/mol. The molecule has 0 saturated heterocycles. The Morgan fingerprint density at radius 3 is 2.96 bits per heavy atom. The van der Waals surface area contributed by atoms with E-state index in [9.17, 15) is 9.90 Å². The molecule has 4 rings (SSSR count). The molecular formula is C21H22N2O3S. The Hall–Kier alpha value is -2.60. The van der Waals surface area contributed by atoms with Crippen molar-refractivity contribution in [1.29, 1.82) is 0 Å². The first-order chi connectivity index (χ1) is 14.1. The van der Waals surface area contributed by atoms with Crippen LogP contribution in [-0.2, 0) is 19.3 Å². The average Bonchev–Trinajstić information content (AvgIpc) is 3.27. The molecule has 0 aliphatic carbocycles. The lowest BCUT2D eigenvalue weighted by atomic mass is 9.94. The first-order valence-electron chi connectivity index (χ1n) is 10.4. The molecule has 0 unspecified atom stereocenters. The van der Waals surface area contributed by atoms with Crippen molar-refractivity contribution < 1.29 is 18.8 Å². The Balaban J connectivity index is 1.94. The van der Waals surface area contributed by atoms with Crippen LogP contribution in [0.4, 0.5) is 0 Å². The zero-order valence-corrected chi connectivity index (χ0v) is 16.0. The van der Waals surface area contributed by atoms with E-state index in [4.69, 9.17) is 8.85 Å². The van der Waals surface area contributed by atoms with Gasteiger partial charge in [0.2, 0.25) is 0 Å². The molecule has 2 aromatic heterocycles. The lowest BCUT2D eigenvalue weighted by Gasteiger charge is -2.24. The average molecular weight is 386 g/mol. The number of nitrogens with zero attached hydrogens (tertiary/aromatic N) is 2. The highest BCUT2D eigenvalue weighted by molar-refractivity contribution is 7.13. The Bertz CT molecular complexity index is 1100. The molecule has 0 bridgehead atoms. The van der Waals surface area contributed by atoms with Crippen LogP contribution in [-0.4, -0.2) is 27.7 Å². The maximum atomic E-state index is 11.8. The maximum Gasteiger partial charge on any atom is 0.356 e. The fourth-order valence-electron chi connectivity index (χ4n) is 3.70. The second kappa shape index (κ2) is 6.85. The second-order valence-corrected chi connectivity index (χ2v) is 8.08. The van der Waals surface area contributed by atoms with Crippen molar-refractivity contribution in [2.75, 3.05) is 7.04 Å². The number of aromatic nitrogens is 2. The molecule has 1 N–H and O–H groups in total. The Morgan fingerprint density at radius 1 is 1.44 bits per heavy atom. The van der Waals surface area contributed by atoms with Crippen LogP contribution in [0.15, 0.2) is 29.6 Å². The summed E-state index contributed by atoms with van der Waals surface area (Å²) in [6.45, 7) is 4.11. The van der Waals surface area contributed by atoms with Crippen molar-refractivity contribution in [3.63, 3.8) is 0 Å². The molecule has 0 amide bonds. The molecule has 0 radical (unpaired) electrons. The highest BCUT2D eigenvalue weighted by atomic mass is 32.1. The van der Waals surface area contributed by atoms with E-state index in [1.807, 2.05) is 28.1 Å². The fraction of sp³-hybridized carbons (Fsp3) is 0.333. The maximum absolute atomic E-state index is 11.8. The van der Waals surface area contributed by atoms with Crippen LogP contribution in [0.1, 0.15) is 45.3 Å². The quantitative estimate of drug-likeness (QED) is 0.697. The van der Waals surface area contributed by atoms with Crippen molar-refractivity contribution in [1.82, 2.24) is 9.55 Å². The first kappa shape index (κ1) is 14.5. The van der Waals surface area contributed by atoms with Crippen molar-refractivity contribution in [2.45, 2.75) is 33.1 Å². The summed E-state index contributed by atoms with van der Waals surface area (Å²) in [5.41, 5.74) is 3.28. The third-order valence-corrected chi connectivity index (χ3v) is 5.65. The van der Waals surface area contributed by atoms with Gasteiger partial charge in [-0.15, -0.1) is 11.3 Å². The van der Waals surface area contributed by atoms with E-state index in [2.05, 4.69) is 18.8 Å². The second-order valence-electron chi connectivity index (χ2n) is 7.14. The molecule has 0 fully saturated rings. The van der Waals surface area contributed by atoms with Crippen LogP contribution < -0.4 is 4.74 Å². The minimum absolute atomic E-state index is 0.0669. The molecule has 0 spiro atoms. The fourth-order valence-corrected chi connectivity index (χ4v) is 4.40. The molecule has 6 heteroatoms. The lowest BCUT2D eigenvalue weighted by molar-refractivity contribution is 0.0689. The molecule has 0 saturated carbocycles. The minimum atomic E-state index is -2.53. The summed E-state index contributed by atoms with van der Waals surface area (Å²) >= 11 is 1.50. The molecule has 1 aliphatic rings. The van der Waals surface area contributed by atoms with E-state index in [0.717, 1.165) is 21.7 Å². The highest BCUT2D eigenvalue weighted by Gasteiger charge is 2.29. The number of imidazole rings is 1. The third kappa shape index (κ3) is 3.04. The van der Waals surface area contributed by atoms with Gasteiger partial charge in [-0.2, -0.15) is 0 Å². The number of fused-ring (bicyclic) bond motifs is 3. The SMILES string of the molecule is [2H]C([2H])([2H])Oc1cc2c(cc1CC(C)C)-n1c(-c3cccs3)nc(C(=O)O)c1CC2. The molecule has 140 valence electrons. The molecule has 0 atom stereocenters. The van der Waals surface area contributed by atoms with Crippen molar-refractivity contribution in [3.8, 4) is 22.1 Å². The van der Waals surface area contributed by atoms with E-state index < -0.39 is 13.0 Å². The Morgan fingerprint density at radius 2 is 2.30 bits per heavy atom. The number of carboxylic acids is 1. The van der Waals surface area contributed by atoms with Gasteiger partial charge in [-0.05, 0) is 59.9 Å². The standard InChI is InChI=1S/C21H22N2O3S/c1-12(2)9-14-10-16-13(11-17(14)26-3)6-7-15-19(21(24)25)22-20(23(15)16)18-5-4-8-27-18/h4-5,8,10-12H,6-7,9H2,1-3H3,(H,24,25)/i3D3. The number of aromatic carboxylic acids is 1. The topological polar surface area (TPSA) is 64.4 Å². The Kier molecular flexibility index (Phi) is 3.67. The lowest BCUT2D eigenvalue weighted by Crippen LogP contribution is -2.16. The van der Waals surface area contributed by atoms with Gasteiger partial charge in [-0.1, -0.05) is 19.9 Å². The predicted octanol–water partition coefficient (Wildman–Crippen LogP) is 4.60. The largest absolute Gasteiger partial charge is 0.496 e. The van der Waals surface area contributed by atoms with Crippen LogP contribution in [0.2, 0.25) is 0 Å². The number of aryl methyl sites for hydroxylation is 1. The smallest absolute Gasteiger partial charge is 0.356 e. The summed E-state index contributed by atoms with van der Waals surface area (Å²) in [7, 11) is -2.53. The molecule has 3 heterocycles. The van der Waals surface area contributed by atoms with Crippen LogP contribution in [0.3, 0.4) is 0 Å². The number of carbonyl (C=O) groups is 1. The van der Waals surface area contributed by atoms with Gasteiger partial charge in [0.25, 0.3) is 0 Å². The number of hydrogen-bond donors (Lipinski definition) is 1. The van der Waals surface area contributed by atoms with Gasteiger partial charge < -0.3 is 9.84 Å². The van der Waals surface area contributed by atoms with Crippen molar-refractivity contribution in [2.24, 2.45) is 5.92 Å². The van der Waals surface area contributed by atoms with Gasteiger partial charge in [0.15, 0.2) is 11.5 Å². The van der Waals surface area contributed by atoms with Gasteiger partial charge in [0.05, 0.1) is 27.4 Å². The normalized spacial score (nSPS) is 14.9. The van der Waals surface area contributed by atoms with Gasteiger partial charge in [0.1, 0.15) is 5.75 Å². The molecule has 1 aromatic carbocycles. The summed E-state index contributed by atoms with van der Waals surface area (Å²) in [5.74, 6) is 0.203. The van der Waals surface area contributed by atoms with Gasteiger partial charge in [-0.25, -0.2) is 9.78 Å². The van der Waals surface area contributed by atoms with E-state index in [1.54, 1.807) is 6.07 Å². The number of carboxylic acid groups (broad SMARTS) is 1. The van der Waals surface area contributed by atoms with Crippen LogP contribution >= 0.6 is 11.3 Å². The number of ether oxygens (including phenoxy) is 1. The summed E-state index contributed by atoms with van der Waals surface area (Å²) in [6.07, 6.45) is 1.73. The number of rotatable bonds is 5. The molecule has 1 aliphatic heterocycles. The highest BCUT2D eigenvalue weighted by Crippen LogP contribution is 2.38. The zero-order chi connectivity index (χ0) is 21.6. The third-order valence-electron chi connectivity index (χ3n) is 4.79. The molecule has 3 aromatic rings. The minimum Gasteiger partial charge on any atom is -0.496 e.